The Kier molecular flexibility index (Phi) is 5.83. The van der Waals surface area contributed by atoms with Crippen LogP contribution in [0.4, 0.5) is 0 Å². The maximum Gasteiger partial charge on any atom is 0.0925 e. The molecular formula is C11H20N2OS. The molecule has 1 rings (SSSR count). The van der Waals surface area contributed by atoms with Crippen molar-refractivity contribution < 1.29 is 5.11 Å². The average molecular weight is 228 g/mol. The molecule has 0 amide bonds. The molecule has 0 aliphatic rings. The van der Waals surface area contributed by atoms with Crippen molar-refractivity contribution in [2.75, 3.05) is 6.54 Å². The van der Waals surface area contributed by atoms with Gasteiger partial charge in [0.05, 0.1) is 11.1 Å². The van der Waals surface area contributed by atoms with Gasteiger partial charge in [-0.05, 0) is 25.8 Å². The molecule has 0 aliphatic carbocycles. The Bertz CT molecular complexity index is 275. The zero-order valence-corrected chi connectivity index (χ0v) is 10.3. The largest absolute Gasteiger partial charge is 0.393 e. The van der Waals surface area contributed by atoms with E-state index in [-0.39, 0.29) is 6.10 Å². The highest BCUT2D eigenvalue weighted by atomic mass is 32.1. The molecule has 0 saturated carbocycles. The lowest BCUT2D eigenvalue weighted by Crippen LogP contribution is -2.19. The Morgan fingerprint density at radius 2 is 2.33 bits per heavy atom. The number of thiazole rings is 1. The van der Waals surface area contributed by atoms with E-state index < -0.39 is 0 Å². The zero-order valence-electron chi connectivity index (χ0n) is 9.49. The molecule has 86 valence electrons. The Hall–Kier alpha value is -0.450. The highest BCUT2D eigenvalue weighted by Crippen LogP contribution is 2.12. The summed E-state index contributed by atoms with van der Waals surface area (Å²) in [7, 11) is 0. The van der Waals surface area contributed by atoms with Crippen LogP contribution in [-0.2, 0) is 13.0 Å². The fourth-order valence-corrected chi connectivity index (χ4v) is 2.11. The lowest BCUT2D eigenvalue weighted by atomic mass is 10.2. The summed E-state index contributed by atoms with van der Waals surface area (Å²) in [5.74, 6) is 0. The van der Waals surface area contributed by atoms with Gasteiger partial charge in [-0.2, -0.15) is 0 Å². The van der Waals surface area contributed by atoms with E-state index in [1.165, 1.54) is 9.88 Å². The summed E-state index contributed by atoms with van der Waals surface area (Å²) < 4.78 is 0. The summed E-state index contributed by atoms with van der Waals surface area (Å²) in [6.07, 6.45) is 4.45. The summed E-state index contributed by atoms with van der Waals surface area (Å²) >= 11 is 1.76. The van der Waals surface area contributed by atoms with Crippen LogP contribution in [0.5, 0.6) is 0 Å². The number of nitrogens with zero attached hydrogens (tertiary/aromatic N) is 1. The van der Waals surface area contributed by atoms with Gasteiger partial charge >= 0.3 is 0 Å². The molecule has 0 fully saturated rings. The van der Waals surface area contributed by atoms with Crippen molar-refractivity contribution in [1.29, 1.82) is 0 Å². The average Bonchev–Trinajstić information content (AvgIpc) is 2.72. The Morgan fingerprint density at radius 1 is 1.53 bits per heavy atom. The van der Waals surface area contributed by atoms with Crippen molar-refractivity contribution in [2.24, 2.45) is 0 Å². The van der Waals surface area contributed by atoms with E-state index in [1.807, 2.05) is 13.1 Å². The van der Waals surface area contributed by atoms with Gasteiger partial charge in [0, 0.05) is 17.6 Å². The van der Waals surface area contributed by atoms with Crippen LogP contribution < -0.4 is 5.32 Å². The monoisotopic (exact) mass is 228 g/mol. The fraction of sp³-hybridized carbons (Fsp3) is 0.727. The van der Waals surface area contributed by atoms with Crippen molar-refractivity contribution in [1.82, 2.24) is 10.3 Å². The summed E-state index contributed by atoms with van der Waals surface area (Å²) in [4.78, 5) is 5.57. The molecule has 15 heavy (non-hydrogen) atoms. The molecule has 0 radical (unpaired) electrons. The molecule has 1 heterocycles. The standard InChI is InChI=1S/C11H20N2OS/c1-3-9(14)5-6-12-7-10-8-13-11(4-2)15-10/h8-9,12,14H,3-7H2,1-2H3. The SMILES string of the molecule is CCc1ncc(CNCCC(O)CC)s1. The van der Waals surface area contributed by atoms with Crippen molar-refractivity contribution in [3.63, 3.8) is 0 Å². The van der Waals surface area contributed by atoms with E-state index >= 15 is 0 Å². The van der Waals surface area contributed by atoms with Gasteiger partial charge in [-0.25, -0.2) is 4.98 Å². The molecule has 1 aromatic heterocycles. The molecule has 0 aliphatic heterocycles. The minimum atomic E-state index is -0.162. The molecule has 1 aromatic rings. The summed E-state index contributed by atoms with van der Waals surface area (Å²) in [6.45, 7) is 5.86. The number of hydrogen-bond donors (Lipinski definition) is 2. The Morgan fingerprint density at radius 3 is 2.93 bits per heavy atom. The van der Waals surface area contributed by atoms with E-state index in [1.54, 1.807) is 11.3 Å². The maximum absolute atomic E-state index is 9.35. The third-order valence-electron chi connectivity index (χ3n) is 2.33. The van der Waals surface area contributed by atoms with E-state index in [4.69, 9.17) is 0 Å². The third-order valence-corrected chi connectivity index (χ3v) is 3.47. The predicted molar refractivity (Wildman–Crippen MR) is 64.1 cm³/mol. The van der Waals surface area contributed by atoms with Crippen LogP contribution in [0.25, 0.3) is 0 Å². The van der Waals surface area contributed by atoms with Crippen molar-refractivity contribution in [3.05, 3.63) is 16.1 Å². The third kappa shape index (κ3) is 4.73. The molecule has 0 aromatic carbocycles. The summed E-state index contributed by atoms with van der Waals surface area (Å²) in [5.41, 5.74) is 0. The molecule has 0 spiro atoms. The number of aliphatic hydroxyl groups excluding tert-OH is 1. The van der Waals surface area contributed by atoms with Crippen molar-refractivity contribution in [2.45, 2.75) is 45.8 Å². The predicted octanol–water partition coefficient (Wildman–Crippen LogP) is 1.96. The van der Waals surface area contributed by atoms with Crippen LogP contribution in [0.1, 0.15) is 36.6 Å². The van der Waals surface area contributed by atoms with Crippen LogP contribution in [-0.4, -0.2) is 22.7 Å². The number of hydrogen-bond acceptors (Lipinski definition) is 4. The molecule has 0 bridgehead atoms. The number of nitrogens with one attached hydrogen (secondary N) is 1. The Balaban J connectivity index is 2.14. The van der Waals surface area contributed by atoms with Gasteiger partial charge in [-0.15, -0.1) is 11.3 Å². The van der Waals surface area contributed by atoms with Crippen LogP contribution in [0.3, 0.4) is 0 Å². The number of aromatic nitrogens is 1. The second-order valence-corrected chi connectivity index (χ2v) is 4.80. The molecule has 2 N–H and O–H groups in total. The highest BCUT2D eigenvalue weighted by molar-refractivity contribution is 7.11. The molecule has 4 heteroatoms. The van der Waals surface area contributed by atoms with E-state index in [9.17, 15) is 5.11 Å². The van der Waals surface area contributed by atoms with E-state index in [0.29, 0.717) is 0 Å². The first kappa shape index (κ1) is 12.6. The summed E-state index contributed by atoms with van der Waals surface area (Å²) in [6, 6.07) is 0. The smallest absolute Gasteiger partial charge is 0.0925 e. The van der Waals surface area contributed by atoms with Crippen molar-refractivity contribution >= 4 is 11.3 Å². The quantitative estimate of drug-likeness (QED) is 0.701. The fourth-order valence-electron chi connectivity index (χ4n) is 1.28. The molecule has 1 unspecified atom stereocenters. The first-order valence-corrected chi connectivity index (χ1v) is 6.40. The van der Waals surface area contributed by atoms with E-state index in [2.05, 4.69) is 17.2 Å². The van der Waals surface area contributed by atoms with Crippen LogP contribution >= 0.6 is 11.3 Å². The van der Waals surface area contributed by atoms with E-state index in [0.717, 1.165) is 32.4 Å². The minimum absolute atomic E-state index is 0.162. The van der Waals surface area contributed by atoms with Crippen molar-refractivity contribution in [3.8, 4) is 0 Å². The van der Waals surface area contributed by atoms with Crippen LogP contribution in [0.15, 0.2) is 6.20 Å². The Labute approximate surface area is 95.6 Å². The second-order valence-electron chi connectivity index (χ2n) is 3.60. The van der Waals surface area contributed by atoms with Crippen LogP contribution in [0.2, 0.25) is 0 Å². The van der Waals surface area contributed by atoms with Gasteiger partial charge in [0.25, 0.3) is 0 Å². The second kappa shape index (κ2) is 6.93. The normalized spacial score (nSPS) is 13.0. The molecular weight excluding hydrogens is 208 g/mol. The maximum atomic E-state index is 9.35. The molecule has 3 nitrogen and oxygen atoms in total. The number of rotatable bonds is 7. The summed E-state index contributed by atoms with van der Waals surface area (Å²) in [5, 5.41) is 13.9. The number of aryl methyl sites for hydroxylation is 1. The molecule has 1 atom stereocenters. The van der Waals surface area contributed by atoms with Gasteiger partial charge in [0.15, 0.2) is 0 Å². The van der Waals surface area contributed by atoms with Gasteiger partial charge in [0.2, 0.25) is 0 Å². The van der Waals surface area contributed by atoms with Crippen LogP contribution in [0, 0.1) is 0 Å². The first-order chi connectivity index (χ1) is 7.26. The molecule has 0 saturated heterocycles. The van der Waals surface area contributed by atoms with Gasteiger partial charge < -0.3 is 10.4 Å². The topological polar surface area (TPSA) is 45.2 Å². The van der Waals surface area contributed by atoms with Gasteiger partial charge in [-0.3, -0.25) is 0 Å². The van der Waals surface area contributed by atoms with Gasteiger partial charge in [-0.1, -0.05) is 13.8 Å². The zero-order chi connectivity index (χ0) is 11.1. The minimum Gasteiger partial charge on any atom is -0.393 e. The highest BCUT2D eigenvalue weighted by Gasteiger charge is 2.01. The number of aliphatic hydroxyl groups is 1. The first-order valence-electron chi connectivity index (χ1n) is 5.58. The lowest BCUT2D eigenvalue weighted by molar-refractivity contribution is 0.160. The lowest BCUT2D eigenvalue weighted by Gasteiger charge is -2.07. The van der Waals surface area contributed by atoms with Gasteiger partial charge in [0.1, 0.15) is 0 Å².